The second-order valence-corrected chi connectivity index (χ2v) is 6.57. The smallest absolute Gasteiger partial charge is 0.113 e. The molecule has 3 rings (SSSR count). The molecule has 15 heavy (non-hydrogen) atoms. The van der Waals surface area contributed by atoms with Gasteiger partial charge in [-0.3, -0.25) is 0 Å². The lowest BCUT2D eigenvalue weighted by Crippen LogP contribution is -2.46. The fraction of sp³-hybridized carbons (Fsp3) is 0.727. The highest BCUT2D eigenvalue weighted by molar-refractivity contribution is 7.99. The molecule has 1 saturated heterocycles. The van der Waals surface area contributed by atoms with Crippen LogP contribution in [0, 0.1) is 0 Å². The van der Waals surface area contributed by atoms with Crippen molar-refractivity contribution in [3.05, 3.63) is 16.6 Å². The SMILES string of the molecule is c1csc(C2(NC3CC3)CCSCC2)n1. The fourth-order valence-corrected chi connectivity index (χ4v) is 4.27. The minimum absolute atomic E-state index is 0.223. The molecule has 1 saturated carbocycles. The van der Waals surface area contributed by atoms with Gasteiger partial charge >= 0.3 is 0 Å². The van der Waals surface area contributed by atoms with Crippen LogP contribution in [0.15, 0.2) is 11.6 Å². The van der Waals surface area contributed by atoms with E-state index in [9.17, 15) is 0 Å². The summed E-state index contributed by atoms with van der Waals surface area (Å²) in [5.41, 5.74) is 0.223. The van der Waals surface area contributed by atoms with E-state index in [0.29, 0.717) is 0 Å². The summed E-state index contributed by atoms with van der Waals surface area (Å²) in [5, 5.41) is 7.26. The molecule has 0 atom stereocenters. The molecule has 2 nitrogen and oxygen atoms in total. The van der Waals surface area contributed by atoms with Gasteiger partial charge in [0, 0.05) is 17.6 Å². The van der Waals surface area contributed by atoms with Crippen molar-refractivity contribution in [2.45, 2.75) is 37.3 Å². The first kappa shape index (κ1) is 10.1. The number of rotatable bonds is 3. The summed E-state index contributed by atoms with van der Waals surface area (Å²) in [6, 6.07) is 0.775. The molecule has 1 aromatic rings. The number of thioether (sulfide) groups is 1. The quantitative estimate of drug-likeness (QED) is 0.879. The van der Waals surface area contributed by atoms with Crippen LogP contribution in [-0.4, -0.2) is 22.5 Å². The average molecular weight is 240 g/mol. The molecule has 0 bridgehead atoms. The van der Waals surface area contributed by atoms with Crippen LogP contribution in [0.25, 0.3) is 0 Å². The zero-order valence-electron chi connectivity index (χ0n) is 8.74. The van der Waals surface area contributed by atoms with Gasteiger partial charge in [-0.15, -0.1) is 11.3 Å². The van der Waals surface area contributed by atoms with Gasteiger partial charge in [0.05, 0.1) is 5.54 Å². The summed E-state index contributed by atoms with van der Waals surface area (Å²) >= 11 is 3.89. The van der Waals surface area contributed by atoms with Gasteiger partial charge in [-0.2, -0.15) is 11.8 Å². The van der Waals surface area contributed by atoms with Gasteiger partial charge < -0.3 is 5.32 Å². The van der Waals surface area contributed by atoms with Crippen LogP contribution in [0.5, 0.6) is 0 Å². The second-order valence-electron chi connectivity index (χ2n) is 4.45. The molecule has 0 radical (unpaired) electrons. The van der Waals surface area contributed by atoms with Crippen molar-refractivity contribution in [3.63, 3.8) is 0 Å². The van der Waals surface area contributed by atoms with E-state index in [1.807, 2.05) is 17.5 Å². The van der Waals surface area contributed by atoms with E-state index in [1.165, 1.54) is 42.2 Å². The summed E-state index contributed by atoms with van der Waals surface area (Å²) in [4.78, 5) is 4.54. The standard InChI is InChI=1S/C11H16N2S2/c1-2-9(1)13-11(3-6-14-7-4-11)10-12-5-8-15-10/h5,8-9,13H,1-4,6-7H2. The zero-order chi connectivity index (χ0) is 10.1. The summed E-state index contributed by atoms with van der Waals surface area (Å²) < 4.78 is 0. The van der Waals surface area contributed by atoms with Crippen molar-refractivity contribution < 1.29 is 0 Å². The Bertz CT molecular complexity index is 313. The van der Waals surface area contributed by atoms with Crippen molar-refractivity contribution in [1.82, 2.24) is 10.3 Å². The Morgan fingerprint density at radius 1 is 1.33 bits per heavy atom. The third kappa shape index (κ3) is 2.08. The largest absolute Gasteiger partial charge is 0.303 e. The summed E-state index contributed by atoms with van der Waals surface area (Å²) in [5.74, 6) is 2.55. The number of hydrogen-bond donors (Lipinski definition) is 1. The predicted molar refractivity (Wildman–Crippen MR) is 66.5 cm³/mol. The van der Waals surface area contributed by atoms with Gasteiger partial charge in [-0.05, 0) is 37.2 Å². The molecule has 1 aromatic heterocycles. The van der Waals surface area contributed by atoms with Crippen molar-refractivity contribution in [1.29, 1.82) is 0 Å². The first-order valence-electron chi connectivity index (χ1n) is 5.64. The molecule has 4 heteroatoms. The van der Waals surface area contributed by atoms with Crippen LogP contribution in [0.2, 0.25) is 0 Å². The molecular weight excluding hydrogens is 224 g/mol. The third-order valence-electron chi connectivity index (χ3n) is 3.25. The molecule has 1 aliphatic carbocycles. The summed E-state index contributed by atoms with van der Waals surface area (Å²) in [7, 11) is 0. The first-order chi connectivity index (χ1) is 7.39. The maximum absolute atomic E-state index is 4.54. The Morgan fingerprint density at radius 2 is 2.13 bits per heavy atom. The van der Waals surface area contributed by atoms with Crippen LogP contribution >= 0.6 is 23.1 Å². The maximum Gasteiger partial charge on any atom is 0.113 e. The molecule has 0 amide bonds. The number of nitrogens with zero attached hydrogens (tertiary/aromatic N) is 1. The minimum Gasteiger partial charge on any atom is -0.303 e. The molecule has 0 spiro atoms. The lowest BCUT2D eigenvalue weighted by atomic mass is 9.92. The first-order valence-corrected chi connectivity index (χ1v) is 7.68. The minimum atomic E-state index is 0.223. The lowest BCUT2D eigenvalue weighted by molar-refractivity contribution is 0.302. The van der Waals surface area contributed by atoms with Gasteiger partial charge in [-0.1, -0.05) is 0 Å². The normalized spacial score (nSPS) is 25.3. The lowest BCUT2D eigenvalue weighted by Gasteiger charge is -2.36. The van der Waals surface area contributed by atoms with Crippen LogP contribution in [0.3, 0.4) is 0 Å². The summed E-state index contributed by atoms with van der Waals surface area (Å²) in [6.45, 7) is 0. The van der Waals surface area contributed by atoms with Gasteiger partial charge in [0.2, 0.25) is 0 Å². The van der Waals surface area contributed by atoms with E-state index in [1.54, 1.807) is 0 Å². The third-order valence-corrected chi connectivity index (χ3v) is 5.21. The molecule has 82 valence electrons. The maximum atomic E-state index is 4.54. The van der Waals surface area contributed by atoms with Crippen molar-refractivity contribution in [3.8, 4) is 0 Å². The number of thiazole rings is 1. The van der Waals surface area contributed by atoms with E-state index in [4.69, 9.17) is 0 Å². The van der Waals surface area contributed by atoms with Crippen LogP contribution in [0.1, 0.15) is 30.7 Å². The van der Waals surface area contributed by atoms with Crippen molar-refractivity contribution >= 4 is 23.1 Å². The van der Waals surface area contributed by atoms with Gasteiger partial charge in [0.25, 0.3) is 0 Å². The van der Waals surface area contributed by atoms with E-state index < -0.39 is 0 Å². The molecule has 0 unspecified atom stereocenters. The number of nitrogens with one attached hydrogen (secondary N) is 1. The van der Waals surface area contributed by atoms with Gasteiger partial charge in [0.1, 0.15) is 5.01 Å². The Kier molecular flexibility index (Phi) is 2.75. The van der Waals surface area contributed by atoms with Crippen LogP contribution in [0.4, 0.5) is 0 Å². The highest BCUT2D eigenvalue weighted by atomic mass is 32.2. The van der Waals surface area contributed by atoms with E-state index >= 15 is 0 Å². The number of aromatic nitrogens is 1. The molecule has 2 fully saturated rings. The van der Waals surface area contributed by atoms with Gasteiger partial charge in [0.15, 0.2) is 0 Å². The highest BCUT2D eigenvalue weighted by Crippen LogP contribution is 2.39. The Morgan fingerprint density at radius 3 is 2.73 bits per heavy atom. The predicted octanol–water partition coefficient (Wildman–Crippen LogP) is 2.62. The molecule has 0 aromatic carbocycles. The average Bonchev–Trinajstić information content (AvgIpc) is 2.91. The Balaban J connectivity index is 1.84. The van der Waals surface area contributed by atoms with Crippen LogP contribution < -0.4 is 5.32 Å². The molecule has 1 N–H and O–H groups in total. The molecular formula is C11H16N2S2. The summed E-state index contributed by atoms with van der Waals surface area (Å²) in [6.07, 6.45) is 7.17. The molecule has 2 aliphatic rings. The second kappa shape index (κ2) is 4.07. The fourth-order valence-electron chi connectivity index (χ4n) is 2.22. The van der Waals surface area contributed by atoms with E-state index in [2.05, 4.69) is 27.4 Å². The van der Waals surface area contributed by atoms with Crippen molar-refractivity contribution in [2.75, 3.05) is 11.5 Å². The Hall–Kier alpha value is -0.0600. The Labute approximate surface area is 98.9 Å². The van der Waals surface area contributed by atoms with E-state index in [0.717, 1.165) is 6.04 Å². The monoisotopic (exact) mass is 240 g/mol. The zero-order valence-corrected chi connectivity index (χ0v) is 10.4. The van der Waals surface area contributed by atoms with Crippen LogP contribution in [-0.2, 0) is 5.54 Å². The van der Waals surface area contributed by atoms with Crippen molar-refractivity contribution in [2.24, 2.45) is 0 Å². The van der Waals surface area contributed by atoms with Gasteiger partial charge in [-0.25, -0.2) is 4.98 Å². The van der Waals surface area contributed by atoms with E-state index in [-0.39, 0.29) is 5.54 Å². The molecule has 2 heterocycles. The molecule has 1 aliphatic heterocycles. The topological polar surface area (TPSA) is 24.9 Å². The number of hydrogen-bond acceptors (Lipinski definition) is 4. The highest BCUT2D eigenvalue weighted by Gasteiger charge is 2.40.